The summed E-state index contributed by atoms with van der Waals surface area (Å²) in [6.45, 7) is 5.79. The maximum absolute atomic E-state index is 13.5. The molecule has 0 aliphatic carbocycles. The van der Waals surface area contributed by atoms with Crippen LogP contribution in [0.5, 0.6) is 0 Å². The van der Waals surface area contributed by atoms with Gasteiger partial charge >= 0.3 is 5.97 Å². The lowest BCUT2D eigenvalue weighted by molar-refractivity contribution is -0.305. The van der Waals surface area contributed by atoms with E-state index in [2.05, 4.69) is 74.7 Å². The summed E-state index contributed by atoms with van der Waals surface area (Å²) in [5.41, 5.74) is 0. The van der Waals surface area contributed by atoms with E-state index in [-0.39, 0.29) is 13.0 Å². The molecule has 472 valence electrons. The fraction of sp³-hybridized carbons (Fsp3) is 0.829. The molecule has 6 N–H and O–H groups in total. The van der Waals surface area contributed by atoms with Crippen LogP contribution in [0.1, 0.15) is 310 Å². The fourth-order valence-electron chi connectivity index (χ4n) is 10.5. The van der Waals surface area contributed by atoms with Crippen LogP contribution in [0.25, 0.3) is 0 Å². The molecular formula is C70H127NO10. The molecule has 11 heteroatoms. The number of carbonyl (C=O) groups is 2. The molecule has 1 aliphatic heterocycles. The minimum absolute atomic E-state index is 0.102. The summed E-state index contributed by atoms with van der Waals surface area (Å²) >= 11 is 0. The van der Waals surface area contributed by atoms with E-state index in [1.165, 1.54) is 173 Å². The summed E-state index contributed by atoms with van der Waals surface area (Å²) in [5.74, 6) is -1.20. The van der Waals surface area contributed by atoms with Crippen molar-refractivity contribution in [3.05, 3.63) is 60.8 Å². The third-order valence-corrected chi connectivity index (χ3v) is 15.9. The van der Waals surface area contributed by atoms with Crippen LogP contribution in [0.4, 0.5) is 0 Å². The smallest absolute Gasteiger partial charge is 0.306 e. The van der Waals surface area contributed by atoms with Crippen molar-refractivity contribution in [2.24, 2.45) is 0 Å². The molecule has 8 unspecified atom stereocenters. The predicted molar refractivity (Wildman–Crippen MR) is 338 cm³/mol. The SMILES string of the molecule is CCCCC/C=C\C/C=C\C/C=C\C/C=C\CCCCCCCC(=O)OC1C(OCC(NC(=O)C(O)CCCCCCCCCCCCCCCCCCCC)C(O)/C=C/CCCCCCCCCCCCC)OC(CO)C(O)C1O. The van der Waals surface area contributed by atoms with E-state index in [1.807, 2.05) is 6.08 Å². The standard InChI is InChI=1S/C70H127NO10/c1-4-7-10-13-16-19-22-25-27-29-31-32-33-35-37-40-43-46-49-52-55-58-65(75)81-68-67(77)66(76)64(59-72)80-70(68)79-60-61(62(73)56-53-50-47-44-41-38-24-21-18-15-12-9-6-3)71-69(78)63(74)57-54-51-48-45-42-39-36-34-30-28-26-23-20-17-14-11-8-5-2/h16,19,25,27,31-32,35,37,53,56,61-64,66-68,70,72-74,76-77H,4-15,17-18,20-24,26,28-30,33-34,36,38-52,54-55,57-60H2,1-3H3,(H,71,78)/b19-16-,27-25-,32-31-,37-35-,56-53+. The first-order chi connectivity index (χ1) is 39.7. The Labute approximate surface area is 497 Å². The van der Waals surface area contributed by atoms with Crippen molar-refractivity contribution in [1.82, 2.24) is 5.32 Å². The van der Waals surface area contributed by atoms with Gasteiger partial charge in [-0.2, -0.15) is 0 Å². The molecule has 81 heavy (non-hydrogen) atoms. The van der Waals surface area contributed by atoms with E-state index in [1.54, 1.807) is 6.08 Å². The Hall–Kier alpha value is -2.64. The van der Waals surface area contributed by atoms with Crippen molar-refractivity contribution in [1.29, 1.82) is 0 Å². The van der Waals surface area contributed by atoms with E-state index >= 15 is 0 Å². The van der Waals surface area contributed by atoms with E-state index in [0.29, 0.717) is 19.3 Å². The molecule has 0 bridgehead atoms. The van der Waals surface area contributed by atoms with Crippen LogP contribution in [0.15, 0.2) is 60.8 Å². The van der Waals surface area contributed by atoms with Crippen molar-refractivity contribution >= 4 is 11.9 Å². The molecule has 0 spiro atoms. The summed E-state index contributed by atoms with van der Waals surface area (Å²) in [7, 11) is 0. The van der Waals surface area contributed by atoms with Gasteiger partial charge in [0.05, 0.1) is 25.4 Å². The first kappa shape index (κ1) is 76.4. The lowest BCUT2D eigenvalue weighted by atomic mass is 9.99. The number of esters is 1. The predicted octanol–water partition coefficient (Wildman–Crippen LogP) is 17.0. The topological polar surface area (TPSA) is 175 Å². The Morgan fingerprint density at radius 3 is 1.30 bits per heavy atom. The van der Waals surface area contributed by atoms with Gasteiger partial charge in [0.2, 0.25) is 5.91 Å². The highest BCUT2D eigenvalue weighted by molar-refractivity contribution is 5.80. The van der Waals surface area contributed by atoms with Crippen LogP contribution in [0.3, 0.4) is 0 Å². The number of hydrogen-bond donors (Lipinski definition) is 6. The van der Waals surface area contributed by atoms with Gasteiger partial charge in [-0.25, -0.2) is 0 Å². The number of ether oxygens (including phenoxy) is 3. The number of nitrogens with one attached hydrogen (secondary N) is 1. The molecule has 0 radical (unpaired) electrons. The van der Waals surface area contributed by atoms with Gasteiger partial charge < -0.3 is 45.1 Å². The summed E-state index contributed by atoms with van der Waals surface area (Å²) < 4.78 is 17.7. The van der Waals surface area contributed by atoms with Crippen LogP contribution in [-0.4, -0.2) is 99.6 Å². The van der Waals surface area contributed by atoms with Crippen molar-refractivity contribution in [3.8, 4) is 0 Å². The number of amides is 1. The highest BCUT2D eigenvalue weighted by atomic mass is 16.7. The van der Waals surface area contributed by atoms with Crippen LogP contribution in [0.2, 0.25) is 0 Å². The van der Waals surface area contributed by atoms with E-state index < -0.39 is 67.4 Å². The maximum Gasteiger partial charge on any atom is 0.306 e. The van der Waals surface area contributed by atoms with Gasteiger partial charge in [-0.15, -0.1) is 0 Å². The fourth-order valence-corrected chi connectivity index (χ4v) is 10.5. The van der Waals surface area contributed by atoms with Crippen LogP contribution in [0, 0.1) is 0 Å². The first-order valence-electron chi connectivity index (χ1n) is 34.1. The van der Waals surface area contributed by atoms with Gasteiger partial charge in [0.1, 0.15) is 24.4 Å². The van der Waals surface area contributed by atoms with Crippen LogP contribution in [-0.2, 0) is 23.8 Å². The van der Waals surface area contributed by atoms with Gasteiger partial charge in [0, 0.05) is 6.42 Å². The minimum atomic E-state index is -1.62. The molecule has 1 amide bonds. The Morgan fingerprint density at radius 2 is 0.852 bits per heavy atom. The molecule has 1 heterocycles. The third kappa shape index (κ3) is 45.4. The zero-order valence-electron chi connectivity index (χ0n) is 52.4. The Morgan fingerprint density at radius 1 is 0.481 bits per heavy atom. The highest BCUT2D eigenvalue weighted by Crippen LogP contribution is 2.26. The van der Waals surface area contributed by atoms with Crippen LogP contribution >= 0.6 is 0 Å². The second kappa shape index (κ2) is 57.8. The van der Waals surface area contributed by atoms with Gasteiger partial charge in [-0.3, -0.25) is 9.59 Å². The molecular weight excluding hydrogens is 1010 g/mol. The van der Waals surface area contributed by atoms with Gasteiger partial charge in [0.15, 0.2) is 12.4 Å². The van der Waals surface area contributed by atoms with Gasteiger partial charge in [-0.05, 0) is 70.6 Å². The van der Waals surface area contributed by atoms with Crippen molar-refractivity contribution in [2.45, 2.75) is 359 Å². The summed E-state index contributed by atoms with van der Waals surface area (Å²) in [6, 6.07) is -1.03. The molecule has 0 saturated carbocycles. The molecule has 1 saturated heterocycles. The molecule has 0 aromatic carbocycles. The molecule has 11 nitrogen and oxygen atoms in total. The summed E-state index contributed by atoms with van der Waals surface area (Å²) in [4.78, 5) is 26.6. The van der Waals surface area contributed by atoms with Crippen molar-refractivity contribution in [3.63, 3.8) is 0 Å². The number of allylic oxidation sites excluding steroid dienone is 9. The number of unbranched alkanes of at least 4 members (excludes halogenated alkanes) is 36. The lowest BCUT2D eigenvalue weighted by Crippen LogP contribution is -2.61. The minimum Gasteiger partial charge on any atom is -0.454 e. The highest BCUT2D eigenvalue weighted by Gasteiger charge is 2.47. The summed E-state index contributed by atoms with van der Waals surface area (Å²) in [6.07, 6.45) is 62.5. The molecule has 1 fully saturated rings. The normalized spacial score (nSPS) is 19.0. The van der Waals surface area contributed by atoms with E-state index in [0.717, 1.165) is 89.9 Å². The lowest BCUT2D eigenvalue weighted by Gasteiger charge is -2.41. The molecule has 1 aliphatic rings. The van der Waals surface area contributed by atoms with Crippen molar-refractivity contribution < 1.29 is 49.3 Å². The van der Waals surface area contributed by atoms with E-state index in [4.69, 9.17) is 14.2 Å². The van der Waals surface area contributed by atoms with Gasteiger partial charge in [0.25, 0.3) is 0 Å². The number of hydrogen-bond acceptors (Lipinski definition) is 10. The second-order valence-electron chi connectivity index (χ2n) is 23.6. The van der Waals surface area contributed by atoms with Crippen molar-refractivity contribution in [2.75, 3.05) is 13.2 Å². The third-order valence-electron chi connectivity index (χ3n) is 15.9. The maximum atomic E-state index is 13.5. The number of aliphatic hydroxyl groups excluding tert-OH is 5. The first-order valence-corrected chi connectivity index (χ1v) is 34.1. The molecule has 8 atom stereocenters. The van der Waals surface area contributed by atoms with Gasteiger partial charge in [-0.1, -0.05) is 293 Å². The Bertz CT molecular complexity index is 1550. The van der Waals surface area contributed by atoms with E-state index in [9.17, 15) is 35.1 Å². The largest absolute Gasteiger partial charge is 0.454 e. The quantitative estimate of drug-likeness (QED) is 0.0195. The monoisotopic (exact) mass is 1140 g/mol. The second-order valence-corrected chi connectivity index (χ2v) is 23.6. The average molecular weight is 1140 g/mol. The van der Waals surface area contributed by atoms with Crippen LogP contribution < -0.4 is 5.32 Å². The summed E-state index contributed by atoms with van der Waals surface area (Å²) in [5, 5.41) is 57.2. The Kier molecular flexibility index (Phi) is 54.5. The zero-order valence-corrected chi connectivity index (χ0v) is 52.4. The Balaban J connectivity index is 2.65. The number of carbonyl (C=O) groups excluding carboxylic acids is 2. The molecule has 0 aromatic heterocycles. The molecule has 1 rings (SSSR count). The average Bonchev–Trinajstić information content (AvgIpc) is 3.53. The zero-order chi connectivity index (χ0) is 58.9. The number of aliphatic hydroxyl groups is 5. The number of rotatable bonds is 58. The molecule has 0 aromatic rings.